The molecule has 0 saturated heterocycles. The fourth-order valence-corrected chi connectivity index (χ4v) is 1.30. The van der Waals surface area contributed by atoms with Gasteiger partial charge in [0.25, 0.3) is 0 Å². The van der Waals surface area contributed by atoms with Crippen molar-refractivity contribution in [2.45, 2.75) is 0 Å². The molecule has 68 valence electrons. The van der Waals surface area contributed by atoms with Crippen molar-refractivity contribution in [3.63, 3.8) is 0 Å². The quantitative estimate of drug-likeness (QED) is 0.457. The second kappa shape index (κ2) is 3.91. The predicted octanol–water partition coefficient (Wildman–Crippen LogP) is -1.63. The van der Waals surface area contributed by atoms with Crippen LogP contribution in [0, 0.1) is 0 Å². The van der Waals surface area contributed by atoms with Gasteiger partial charge in [0.15, 0.2) is 12.4 Å². The monoisotopic (exact) mass is 287 g/mol. The summed E-state index contributed by atoms with van der Waals surface area (Å²) in [5.41, 5.74) is 0. The highest BCUT2D eigenvalue weighted by Crippen LogP contribution is 2.21. The second-order valence-corrected chi connectivity index (χ2v) is 2.89. The van der Waals surface area contributed by atoms with Crippen LogP contribution in [-0.2, 0) is 7.05 Å². The van der Waals surface area contributed by atoms with Crippen molar-refractivity contribution in [2.24, 2.45) is 7.05 Å². The number of aryl methyl sites for hydroxylation is 1. The Kier molecular flexibility index (Phi) is 3.08. The Morgan fingerprint density at radius 1 is 1.23 bits per heavy atom. The summed E-state index contributed by atoms with van der Waals surface area (Å²) in [6.45, 7) is 0. The largest absolute Gasteiger partial charge is 1.00 e. The first-order valence-corrected chi connectivity index (χ1v) is 3.84. The van der Waals surface area contributed by atoms with E-state index >= 15 is 0 Å². The average Bonchev–Trinajstić information content (AvgIpc) is 2.07. The molecule has 13 heavy (non-hydrogen) atoms. The van der Waals surface area contributed by atoms with Gasteiger partial charge in [0.1, 0.15) is 12.8 Å². The van der Waals surface area contributed by atoms with Crippen LogP contribution in [0.3, 0.4) is 0 Å². The maximum absolute atomic E-state index is 9.48. The molecule has 1 aromatic heterocycles. The van der Waals surface area contributed by atoms with Crippen LogP contribution in [0.15, 0.2) is 36.7 Å². The fourth-order valence-electron chi connectivity index (χ4n) is 1.30. The van der Waals surface area contributed by atoms with Crippen molar-refractivity contribution in [2.75, 3.05) is 0 Å². The number of aromatic hydroxyl groups is 1. The van der Waals surface area contributed by atoms with Crippen LogP contribution < -0.4 is 28.5 Å². The third kappa shape index (κ3) is 1.91. The molecule has 0 saturated carbocycles. The Morgan fingerprint density at radius 3 is 2.77 bits per heavy atom. The number of hydrogen-bond acceptors (Lipinski definition) is 1. The molecule has 3 heteroatoms. The number of pyridine rings is 1. The van der Waals surface area contributed by atoms with Gasteiger partial charge in [-0.2, -0.15) is 0 Å². The summed E-state index contributed by atoms with van der Waals surface area (Å²) < 4.78 is 1.92. The SMILES string of the molecule is C[n+]1ccc2cccc(O)c2c1.[I-]. The molecule has 0 aliphatic rings. The lowest BCUT2D eigenvalue weighted by Crippen LogP contribution is -3.00. The molecule has 0 radical (unpaired) electrons. The van der Waals surface area contributed by atoms with Gasteiger partial charge in [0, 0.05) is 6.07 Å². The first-order valence-electron chi connectivity index (χ1n) is 3.84. The maximum atomic E-state index is 9.48. The molecule has 0 amide bonds. The van der Waals surface area contributed by atoms with Crippen LogP contribution in [0.4, 0.5) is 0 Å². The lowest BCUT2D eigenvalue weighted by Gasteiger charge is -1.97. The van der Waals surface area contributed by atoms with E-state index in [1.165, 1.54) is 0 Å². The highest BCUT2D eigenvalue weighted by Gasteiger charge is 2.01. The van der Waals surface area contributed by atoms with Gasteiger partial charge >= 0.3 is 0 Å². The van der Waals surface area contributed by atoms with E-state index in [0.29, 0.717) is 5.75 Å². The van der Waals surface area contributed by atoms with Crippen molar-refractivity contribution in [1.29, 1.82) is 0 Å². The Balaban J connectivity index is 0.000000845. The van der Waals surface area contributed by atoms with Crippen LogP contribution in [0.2, 0.25) is 0 Å². The van der Waals surface area contributed by atoms with Crippen LogP contribution in [0.1, 0.15) is 0 Å². The third-order valence-corrected chi connectivity index (χ3v) is 1.94. The molecule has 2 nitrogen and oxygen atoms in total. The van der Waals surface area contributed by atoms with Crippen molar-refractivity contribution in [3.05, 3.63) is 36.7 Å². The number of phenols is 1. The lowest BCUT2D eigenvalue weighted by atomic mass is 10.1. The molecule has 2 aromatic rings. The number of phenolic OH excluding ortho intramolecular Hbond substituents is 1. The van der Waals surface area contributed by atoms with E-state index in [4.69, 9.17) is 0 Å². The van der Waals surface area contributed by atoms with E-state index in [2.05, 4.69) is 0 Å². The fraction of sp³-hybridized carbons (Fsp3) is 0.100. The van der Waals surface area contributed by atoms with Gasteiger partial charge in [-0.1, -0.05) is 12.1 Å². The summed E-state index contributed by atoms with van der Waals surface area (Å²) in [7, 11) is 1.94. The third-order valence-electron chi connectivity index (χ3n) is 1.94. The number of benzene rings is 1. The standard InChI is InChI=1S/C10H9NO.HI/c1-11-6-5-8-3-2-4-10(12)9(8)7-11;/h2-7H,1H3;1H. The average molecular weight is 287 g/mol. The summed E-state index contributed by atoms with van der Waals surface area (Å²) in [6, 6.07) is 7.50. The molecule has 0 unspecified atom stereocenters. The van der Waals surface area contributed by atoms with Crippen LogP contribution in [0.5, 0.6) is 5.75 Å². The van der Waals surface area contributed by atoms with Crippen molar-refractivity contribution in [1.82, 2.24) is 0 Å². The zero-order valence-electron chi connectivity index (χ0n) is 7.24. The summed E-state index contributed by atoms with van der Waals surface area (Å²) in [5, 5.41) is 11.4. The van der Waals surface area contributed by atoms with Gasteiger partial charge in [-0.25, -0.2) is 4.57 Å². The number of halogens is 1. The molecular formula is C10H10INO. The van der Waals surface area contributed by atoms with E-state index in [-0.39, 0.29) is 24.0 Å². The Hall–Kier alpha value is -0.840. The van der Waals surface area contributed by atoms with Crippen LogP contribution in [-0.4, -0.2) is 5.11 Å². The van der Waals surface area contributed by atoms with Crippen LogP contribution in [0.25, 0.3) is 10.8 Å². The highest BCUT2D eigenvalue weighted by atomic mass is 127. The molecule has 1 N–H and O–H groups in total. The first kappa shape index (κ1) is 10.2. The molecule has 1 heterocycles. The van der Waals surface area contributed by atoms with Crippen LogP contribution >= 0.6 is 0 Å². The van der Waals surface area contributed by atoms with Gasteiger partial charge in [-0.3, -0.25) is 0 Å². The van der Waals surface area contributed by atoms with E-state index in [9.17, 15) is 5.11 Å². The molecule has 0 spiro atoms. The van der Waals surface area contributed by atoms with Gasteiger partial charge in [-0.15, -0.1) is 0 Å². The summed E-state index contributed by atoms with van der Waals surface area (Å²) >= 11 is 0. The Bertz CT molecular complexity index is 428. The van der Waals surface area contributed by atoms with Gasteiger partial charge < -0.3 is 29.1 Å². The minimum atomic E-state index is 0. The molecule has 0 atom stereocenters. The Labute approximate surface area is 93.8 Å². The summed E-state index contributed by atoms with van der Waals surface area (Å²) in [6.07, 6.45) is 3.87. The molecule has 0 fully saturated rings. The number of aromatic nitrogens is 1. The second-order valence-electron chi connectivity index (χ2n) is 2.89. The van der Waals surface area contributed by atoms with Gasteiger partial charge in [-0.05, 0) is 11.5 Å². The first-order chi connectivity index (χ1) is 5.77. The van der Waals surface area contributed by atoms with E-state index in [0.717, 1.165) is 10.8 Å². The zero-order chi connectivity index (χ0) is 8.55. The maximum Gasteiger partial charge on any atom is 0.180 e. The van der Waals surface area contributed by atoms with Crippen molar-refractivity contribution >= 4 is 10.8 Å². The Morgan fingerprint density at radius 2 is 2.00 bits per heavy atom. The number of hydrogen-bond donors (Lipinski definition) is 1. The summed E-state index contributed by atoms with van der Waals surface area (Å²) in [4.78, 5) is 0. The zero-order valence-corrected chi connectivity index (χ0v) is 9.39. The van der Waals surface area contributed by atoms with E-state index in [1.807, 2.05) is 42.2 Å². The minimum absolute atomic E-state index is 0. The van der Waals surface area contributed by atoms with Crippen molar-refractivity contribution in [3.8, 4) is 5.75 Å². The molecule has 2 rings (SSSR count). The van der Waals surface area contributed by atoms with Gasteiger partial charge in [0.2, 0.25) is 0 Å². The minimum Gasteiger partial charge on any atom is -1.00 e. The van der Waals surface area contributed by atoms with Crippen molar-refractivity contribution < 1.29 is 33.7 Å². The number of fused-ring (bicyclic) bond motifs is 1. The predicted molar refractivity (Wildman–Crippen MR) is 46.8 cm³/mol. The van der Waals surface area contributed by atoms with E-state index in [1.54, 1.807) is 6.07 Å². The summed E-state index contributed by atoms with van der Waals surface area (Å²) in [5.74, 6) is 0.337. The molecular weight excluding hydrogens is 277 g/mol. The normalized spacial score (nSPS) is 9.62. The molecule has 1 aromatic carbocycles. The topological polar surface area (TPSA) is 24.1 Å². The molecule has 0 aliphatic carbocycles. The van der Waals surface area contributed by atoms with E-state index < -0.39 is 0 Å². The number of nitrogens with zero attached hydrogens (tertiary/aromatic N) is 1. The molecule has 0 aliphatic heterocycles. The highest BCUT2D eigenvalue weighted by molar-refractivity contribution is 5.86. The lowest BCUT2D eigenvalue weighted by molar-refractivity contribution is -0.670. The smallest absolute Gasteiger partial charge is 0.180 e. The van der Waals surface area contributed by atoms with Gasteiger partial charge in [0.05, 0.1) is 5.39 Å². The molecule has 0 bridgehead atoms. The number of rotatable bonds is 0.